The van der Waals surface area contributed by atoms with Crippen LogP contribution in [0.5, 0.6) is 0 Å². The third kappa shape index (κ3) is 3.09. The number of aromatic nitrogens is 2. The molecule has 5 rings (SSSR count). The summed E-state index contributed by atoms with van der Waals surface area (Å²) < 4.78 is 6.13. The van der Waals surface area contributed by atoms with E-state index < -0.39 is 17.4 Å². The molecule has 2 N–H and O–H groups in total. The van der Waals surface area contributed by atoms with Gasteiger partial charge in [0.25, 0.3) is 5.56 Å². The fraction of sp³-hybridized carbons (Fsp3) is 0.636. The van der Waals surface area contributed by atoms with Crippen molar-refractivity contribution in [3.63, 3.8) is 0 Å². The number of carbonyl (C=O) groups excluding carboxylic acids is 2. The van der Waals surface area contributed by atoms with Crippen LogP contribution >= 0.6 is 0 Å². The molecule has 1 aromatic heterocycles. The number of amides is 2. The largest absolute Gasteiger partial charge is 0.360 e. The first-order valence-corrected chi connectivity index (χ1v) is 11.1. The number of ether oxygens (including phenoxy) is 1. The topological polar surface area (TPSA) is 108 Å². The lowest BCUT2D eigenvalue weighted by Crippen LogP contribution is -2.50. The minimum atomic E-state index is -0.635. The third-order valence-electron chi connectivity index (χ3n) is 7.39. The number of H-pyrrole nitrogens is 1. The van der Waals surface area contributed by atoms with Crippen LogP contribution in [0.3, 0.4) is 0 Å². The Morgan fingerprint density at radius 1 is 1.32 bits per heavy atom. The van der Waals surface area contributed by atoms with E-state index in [0.717, 1.165) is 18.5 Å². The second-order valence-electron chi connectivity index (χ2n) is 9.12. The lowest BCUT2D eigenvalue weighted by Gasteiger charge is -2.34. The second kappa shape index (κ2) is 7.19. The Hall–Kier alpha value is -2.68. The molecule has 2 amide bonds. The predicted molar refractivity (Wildman–Crippen MR) is 114 cm³/mol. The number of hydrogen-bond donors (Lipinski definition) is 2. The highest BCUT2D eigenvalue weighted by Gasteiger charge is 2.66. The lowest BCUT2D eigenvalue weighted by molar-refractivity contribution is -0.137. The average molecular weight is 428 g/mol. The van der Waals surface area contributed by atoms with E-state index in [0.29, 0.717) is 37.7 Å². The maximum absolute atomic E-state index is 13.2. The van der Waals surface area contributed by atoms with E-state index >= 15 is 0 Å². The van der Waals surface area contributed by atoms with Crippen molar-refractivity contribution in [3.8, 4) is 0 Å². The zero-order chi connectivity index (χ0) is 21.9. The number of anilines is 1. The average Bonchev–Trinajstić information content (AvgIpc) is 3.40. The molecule has 4 atom stereocenters. The summed E-state index contributed by atoms with van der Waals surface area (Å²) in [5.74, 6) is -0.377. The van der Waals surface area contributed by atoms with Crippen LogP contribution in [0.1, 0.15) is 31.0 Å². The molecule has 3 fully saturated rings. The summed E-state index contributed by atoms with van der Waals surface area (Å²) in [6.07, 6.45) is 5.10. The molecule has 3 saturated heterocycles. The Morgan fingerprint density at radius 3 is 2.74 bits per heavy atom. The summed E-state index contributed by atoms with van der Waals surface area (Å²) in [4.78, 5) is 49.3. The van der Waals surface area contributed by atoms with Crippen LogP contribution in [-0.4, -0.2) is 70.6 Å². The molecule has 4 aliphatic heterocycles. The fourth-order valence-electron chi connectivity index (χ4n) is 5.46. The second-order valence-corrected chi connectivity index (χ2v) is 9.12. The molecule has 0 aliphatic carbocycles. The number of rotatable bonds is 4. The standard InChI is InChI=1S/C22H29N5O4/c1-4-26-11-22-8-5-15(31-22)16(17(22)20(26)30)19(29)24-14-6-9-27(10-7-14)21-23-13(3)12(2)18(28)25-21/h5,8,14-17H,4,6-7,9-11H2,1-3H3,(H,24,29)(H,23,25,28)/t15-,16-,17+,22-/m1/s1. The van der Waals surface area contributed by atoms with Gasteiger partial charge in [-0.05, 0) is 33.6 Å². The van der Waals surface area contributed by atoms with Crippen LogP contribution in [0.4, 0.5) is 5.95 Å². The first kappa shape index (κ1) is 20.2. The minimum absolute atomic E-state index is 0.0223. The molecular weight excluding hydrogens is 398 g/mol. The predicted octanol–water partition coefficient (Wildman–Crippen LogP) is 0.274. The normalized spacial score (nSPS) is 32.1. The Morgan fingerprint density at radius 2 is 2.06 bits per heavy atom. The van der Waals surface area contributed by atoms with Crippen LogP contribution in [0.25, 0.3) is 0 Å². The van der Waals surface area contributed by atoms with Crippen molar-refractivity contribution in [2.24, 2.45) is 11.8 Å². The van der Waals surface area contributed by atoms with E-state index in [-0.39, 0.29) is 29.5 Å². The zero-order valence-electron chi connectivity index (χ0n) is 18.2. The highest BCUT2D eigenvalue weighted by Crippen LogP contribution is 2.51. The van der Waals surface area contributed by atoms with Gasteiger partial charge in [0.05, 0.1) is 24.5 Å². The molecule has 0 aromatic carbocycles. The number of likely N-dealkylation sites (N-methyl/N-ethyl adjacent to an activating group) is 1. The van der Waals surface area contributed by atoms with Crippen molar-refractivity contribution >= 4 is 17.8 Å². The molecule has 1 aromatic rings. The van der Waals surface area contributed by atoms with E-state index in [2.05, 4.69) is 20.2 Å². The summed E-state index contributed by atoms with van der Waals surface area (Å²) in [6, 6.07) is 0.0276. The smallest absolute Gasteiger partial charge is 0.255 e. The molecule has 1 spiro atoms. The summed E-state index contributed by atoms with van der Waals surface area (Å²) in [6.45, 7) is 8.09. The monoisotopic (exact) mass is 427 g/mol. The Balaban J connectivity index is 1.23. The maximum atomic E-state index is 13.2. The van der Waals surface area contributed by atoms with Crippen LogP contribution < -0.4 is 15.8 Å². The van der Waals surface area contributed by atoms with Crippen molar-refractivity contribution in [3.05, 3.63) is 33.8 Å². The van der Waals surface area contributed by atoms with E-state index in [9.17, 15) is 14.4 Å². The number of aryl methyl sites for hydroxylation is 1. The van der Waals surface area contributed by atoms with Gasteiger partial charge in [-0.1, -0.05) is 12.2 Å². The quantitative estimate of drug-likeness (QED) is 0.668. The molecule has 5 heterocycles. The molecule has 4 aliphatic rings. The molecular formula is C22H29N5O4. The van der Waals surface area contributed by atoms with Crippen molar-refractivity contribution < 1.29 is 14.3 Å². The fourth-order valence-corrected chi connectivity index (χ4v) is 5.46. The first-order valence-electron chi connectivity index (χ1n) is 11.1. The molecule has 31 heavy (non-hydrogen) atoms. The van der Waals surface area contributed by atoms with E-state index in [1.54, 1.807) is 11.8 Å². The van der Waals surface area contributed by atoms with Crippen LogP contribution in [0.15, 0.2) is 16.9 Å². The summed E-state index contributed by atoms with van der Waals surface area (Å²) in [5, 5.41) is 3.17. The van der Waals surface area contributed by atoms with Crippen molar-refractivity contribution in [2.45, 2.75) is 51.4 Å². The van der Waals surface area contributed by atoms with Crippen molar-refractivity contribution in [2.75, 3.05) is 31.1 Å². The number of likely N-dealkylation sites (tertiary alicyclic amines) is 1. The Bertz CT molecular complexity index is 1010. The molecule has 9 nitrogen and oxygen atoms in total. The molecule has 2 bridgehead atoms. The minimum Gasteiger partial charge on any atom is -0.360 e. The molecule has 9 heteroatoms. The number of fused-ring (bicyclic) bond motifs is 1. The lowest BCUT2D eigenvalue weighted by atomic mass is 9.76. The van der Waals surface area contributed by atoms with Gasteiger partial charge in [0.1, 0.15) is 5.60 Å². The highest BCUT2D eigenvalue weighted by atomic mass is 16.5. The van der Waals surface area contributed by atoms with Gasteiger partial charge in [-0.15, -0.1) is 0 Å². The van der Waals surface area contributed by atoms with Gasteiger partial charge >= 0.3 is 0 Å². The van der Waals surface area contributed by atoms with Crippen LogP contribution in [0.2, 0.25) is 0 Å². The van der Waals surface area contributed by atoms with Gasteiger partial charge in [-0.2, -0.15) is 0 Å². The number of hydrogen-bond acceptors (Lipinski definition) is 6. The van der Waals surface area contributed by atoms with Crippen LogP contribution in [-0.2, 0) is 14.3 Å². The summed E-state index contributed by atoms with van der Waals surface area (Å²) in [5.41, 5.74) is 0.617. The van der Waals surface area contributed by atoms with Gasteiger partial charge in [-0.25, -0.2) is 4.98 Å². The molecule has 0 saturated carbocycles. The van der Waals surface area contributed by atoms with Gasteiger partial charge in [0.2, 0.25) is 17.8 Å². The Labute approximate surface area is 180 Å². The third-order valence-corrected chi connectivity index (χ3v) is 7.39. The van der Waals surface area contributed by atoms with Gasteiger partial charge in [-0.3, -0.25) is 19.4 Å². The number of nitrogens with one attached hydrogen (secondary N) is 2. The van der Waals surface area contributed by atoms with Crippen molar-refractivity contribution in [1.29, 1.82) is 0 Å². The van der Waals surface area contributed by atoms with E-state index in [4.69, 9.17) is 4.74 Å². The molecule has 0 radical (unpaired) electrons. The zero-order valence-corrected chi connectivity index (χ0v) is 18.2. The summed E-state index contributed by atoms with van der Waals surface area (Å²) in [7, 11) is 0. The van der Waals surface area contributed by atoms with Crippen LogP contribution in [0, 0.1) is 25.7 Å². The number of carbonyl (C=O) groups is 2. The highest BCUT2D eigenvalue weighted by molar-refractivity contribution is 5.93. The Kier molecular flexibility index (Phi) is 4.69. The molecule has 166 valence electrons. The van der Waals surface area contributed by atoms with E-state index in [1.807, 2.05) is 26.0 Å². The van der Waals surface area contributed by atoms with Gasteiger partial charge in [0, 0.05) is 36.9 Å². The first-order chi connectivity index (χ1) is 14.8. The number of nitrogens with zero attached hydrogens (tertiary/aromatic N) is 3. The molecule has 0 unspecified atom stereocenters. The number of piperidine rings is 1. The summed E-state index contributed by atoms with van der Waals surface area (Å²) >= 11 is 0. The number of aromatic amines is 1. The van der Waals surface area contributed by atoms with Crippen molar-refractivity contribution in [1.82, 2.24) is 20.2 Å². The van der Waals surface area contributed by atoms with E-state index in [1.165, 1.54) is 0 Å². The SMILES string of the molecule is CCN1C[C@@]23C=C[C@@H](O2)[C@@H](C(=O)NC2CCN(c4nc(C)c(C)c(=O)[nH]4)CC2)[C@H]3C1=O. The van der Waals surface area contributed by atoms with Gasteiger partial charge < -0.3 is 19.9 Å². The van der Waals surface area contributed by atoms with Gasteiger partial charge in [0.15, 0.2) is 0 Å². The maximum Gasteiger partial charge on any atom is 0.255 e.